The molecule has 1 aromatic rings. The molecule has 1 aliphatic heterocycles. The van der Waals surface area contributed by atoms with E-state index < -0.39 is 5.97 Å². The Labute approximate surface area is 114 Å². The number of rotatable bonds is 5. The minimum absolute atomic E-state index is 0.174. The molecule has 0 radical (unpaired) electrons. The Kier molecular flexibility index (Phi) is 4.58. The first kappa shape index (κ1) is 14.1. The van der Waals surface area contributed by atoms with Crippen LogP contribution in [0, 0.1) is 5.92 Å². The first-order chi connectivity index (χ1) is 9.11. The largest absolute Gasteiger partial charge is 0.481 e. The van der Waals surface area contributed by atoms with Crippen molar-refractivity contribution >= 4 is 5.97 Å². The van der Waals surface area contributed by atoms with Crippen molar-refractivity contribution in [3.8, 4) is 0 Å². The summed E-state index contributed by atoms with van der Waals surface area (Å²) in [7, 11) is 0. The van der Waals surface area contributed by atoms with E-state index in [-0.39, 0.29) is 5.92 Å². The maximum atomic E-state index is 11.0. The molecule has 5 nitrogen and oxygen atoms in total. The SMILES string of the molecule is CCCn1nccc1CN1CCC(C(=O)O)CC1C. The Morgan fingerprint density at radius 2 is 2.37 bits per heavy atom. The second kappa shape index (κ2) is 6.19. The highest BCUT2D eigenvalue weighted by Crippen LogP contribution is 2.24. The molecule has 1 saturated heterocycles. The summed E-state index contributed by atoms with van der Waals surface area (Å²) in [4.78, 5) is 13.4. The van der Waals surface area contributed by atoms with Gasteiger partial charge < -0.3 is 5.11 Å². The van der Waals surface area contributed by atoms with Crippen LogP contribution in [-0.2, 0) is 17.9 Å². The zero-order valence-electron chi connectivity index (χ0n) is 11.7. The average Bonchev–Trinajstić information content (AvgIpc) is 2.79. The fourth-order valence-corrected chi connectivity index (χ4v) is 2.80. The Morgan fingerprint density at radius 1 is 1.58 bits per heavy atom. The molecule has 0 spiro atoms. The van der Waals surface area contributed by atoms with E-state index in [2.05, 4.69) is 34.6 Å². The van der Waals surface area contributed by atoms with Crippen LogP contribution in [0.2, 0.25) is 0 Å². The first-order valence-corrected chi connectivity index (χ1v) is 7.09. The Hall–Kier alpha value is -1.36. The second-order valence-corrected chi connectivity index (χ2v) is 5.42. The molecule has 2 atom stereocenters. The quantitative estimate of drug-likeness (QED) is 0.884. The summed E-state index contributed by atoms with van der Waals surface area (Å²) in [5.74, 6) is -0.825. The normalized spacial score (nSPS) is 24.5. The van der Waals surface area contributed by atoms with Crippen molar-refractivity contribution in [1.82, 2.24) is 14.7 Å². The van der Waals surface area contributed by atoms with Gasteiger partial charge in [0.1, 0.15) is 0 Å². The number of carboxylic acid groups (broad SMARTS) is 1. The Bertz CT molecular complexity index is 430. The van der Waals surface area contributed by atoms with Crippen LogP contribution in [0.3, 0.4) is 0 Å². The zero-order chi connectivity index (χ0) is 13.8. The van der Waals surface area contributed by atoms with Crippen LogP contribution in [-0.4, -0.2) is 38.3 Å². The molecule has 1 fully saturated rings. The molecule has 5 heteroatoms. The minimum Gasteiger partial charge on any atom is -0.481 e. The smallest absolute Gasteiger partial charge is 0.306 e. The van der Waals surface area contributed by atoms with Crippen LogP contribution >= 0.6 is 0 Å². The average molecular weight is 265 g/mol. The standard InChI is InChI=1S/C14H23N3O2/c1-3-7-17-13(4-6-15-17)10-16-8-5-12(14(18)19)9-11(16)2/h4,6,11-12H,3,5,7-10H2,1-2H3,(H,18,19). The lowest BCUT2D eigenvalue weighted by atomic mass is 9.91. The van der Waals surface area contributed by atoms with Gasteiger partial charge >= 0.3 is 5.97 Å². The van der Waals surface area contributed by atoms with Crippen LogP contribution in [0.1, 0.15) is 38.8 Å². The van der Waals surface area contributed by atoms with Crippen molar-refractivity contribution < 1.29 is 9.90 Å². The number of carboxylic acids is 1. The van der Waals surface area contributed by atoms with Crippen LogP contribution in [0.5, 0.6) is 0 Å². The summed E-state index contributed by atoms with van der Waals surface area (Å²) in [5.41, 5.74) is 1.22. The number of nitrogens with zero attached hydrogens (tertiary/aromatic N) is 3. The molecule has 1 aromatic heterocycles. The van der Waals surface area contributed by atoms with Gasteiger partial charge in [0.15, 0.2) is 0 Å². The van der Waals surface area contributed by atoms with E-state index >= 15 is 0 Å². The minimum atomic E-state index is -0.650. The molecule has 0 amide bonds. The maximum Gasteiger partial charge on any atom is 0.306 e. The van der Waals surface area contributed by atoms with E-state index in [1.807, 2.05) is 6.20 Å². The number of likely N-dealkylation sites (tertiary alicyclic amines) is 1. The van der Waals surface area contributed by atoms with Crippen molar-refractivity contribution in [1.29, 1.82) is 0 Å². The topological polar surface area (TPSA) is 58.4 Å². The summed E-state index contributed by atoms with van der Waals surface area (Å²) in [6.45, 7) is 6.94. The highest BCUT2D eigenvalue weighted by molar-refractivity contribution is 5.70. The number of aliphatic carboxylic acids is 1. The molecule has 1 aliphatic rings. The van der Waals surface area contributed by atoms with Crippen molar-refractivity contribution in [2.45, 2.75) is 52.2 Å². The lowest BCUT2D eigenvalue weighted by molar-refractivity contribution is -0.144. The van der Waals surface area contributed by atoms with Crippen molar-refractivity contribution in [3.63, 3.8) is 0 Å². The van der Waals surface area contributed by atoms with E-state index in [0.717, 1.165) is 38.9 Å². The lowest BCUT2D eigenvalue weighted by Crippen LogP contribution is -2.42. The highest BCUT2D eigenvalue weighted by Gasteiger charge is 2.29. The number of carbonyl (C=O) groups is 1. The molecule has 0 saturated carbocycles. The third-order valence-electron chi connectivity index (χ3n) is 3.97. The van der Waals surface area contributed by atoms with Gasteiger partial charge in [0.25, 0.3) is 0 Å². The highest BCUT2D eigenvalue weighted by atomic mass is 16.4. The van der Waals surface area contributed by atoms with Gasteiger partial charge in [-0.15, -0.1) is 0 Å². The second-order valence-electron chi connectivity index (χ2n) is 5.42. The van der Waals surface area contributed by atoms with Crippen molar-refractivity contribution in [2.75, 3.05) is 6.54 Å². The Morgan fingerprint density at radius 3 is 3.00 bits per heavy atom. The molecule has 2 heterocycles. The van der Waals surface area contributed by atoms with Crippen LogP contribution < -0.4 is 0 Å². The van der Waals surface area contributed by atoms with Crippen LogP contribution in [0.25, 0.3) is 0 Å². The lowest BCUT2D eigenvalue weighted by Gasteiger charge is -2.36. The van der Waals surface area contributed by atoms with E-state index in [4.69, 9.17) is 5.11 Å². The predicted octanol–water partition coefficient (Wildman–Crippen LogP) is 1.98. The molecule has 2 rings (SSSR count). The van der Waals surface area contributed by atoms with Crippen molar-refractivity contribution in [3.05, 3.63) is 18.0 Å². The van der Waals surface area contributed by atoms with Gasteiger partial charge in [-0.2, -0.15) is 5.10 Å². The van der Waals surface area contributed by atoms with Gasteiger partial charge in [0.05, 0.1) is 11.6 Å². The number of hydrogen-bond acceptors (Lipinski definition) is 3. The van der Waals surface area contributed by atoms with E-state index in [1.54, 1.807) is 0 Å². The van der Waals surface area contributed by atoms with Gasteiger partial charge in [0.2, 0.25) is 0 Å². The summed E-state index contributed by atoms with van der Waals surface area (Å²) in [5, 5.41) is 13.4. The fraction of sp³-hybridized carbons (Fsp3) is 0.714. The fourth-order valence-electron chi connectivity index (χ4n) is 2.80. The van der Waals surface area contributed by atoms with Gasteiger partial charge in [-0.25, -0.2) is 0 Å². The van der Waals surface area contributed by atoms with Gasteiger partial charge in [-0.05, 0) is 38.8 Å². The number of hydrogen-bond donors (Lipinski definition) is 1. The van der Waals surface area contributed by atoms with Gasteiger partial charge in [-0.1, -0.05) is 6.92 Å². The van der Waals surface area contributed by atoms with Gasteiger partial charge in [0, 0.05) is 25.3 Å². The summed E-state index contributed by atoms with van der Waals surface area (Å²) < 4.78 is 2.05. The molecule has 0 aromatic carbocycles. The summed E-state index contributed by atoms with van der Waals surface area (Å²) in [6.07, 6.45) is 4.42. The third-order valence-corrected chi connectivity index (χ3v) is 3.97. The molecule has 2 unspecified atom stereocenters. The predicted molar refractivity (Wildman–Crippen MR) is 72.7 cm³/mol. The number of piperidine rings is 1. The first-order valence-electron chi connectivity index (χ1n) is 7.09. The number of aryl methyl sites for hydroxylation is 1. The third kappa shape index (κ3) is 3.35. The molecule has 0 bridgehead atoms. The van der Waals surface area contributed by atoms with Crippen LogP contribution in [0.4, 0.5) is 0 Å². The molecule has 0 aliphatic carbocycles. The molecule has 106 valence electrons. The monoisotopic (exact) mass is 265 g/mol. The molecule has 19 heavy (non-hydrogen) atoms. The van der Waals surface area contributed by atoms with E-state index in [1.165, 1.54) is 5.69 Å². The maximum absolute atomic E-state index is 11.0. The number of aromatic nitrogens is 2. The Balaban J connectivity index is 1.96. The molecular formula is C14H23N3O2. The van der Waals surface area contributed by atoms with E-state index in [9.17, 15) is 4.79 Å². The zero-order valence-corrected chi connectivity index (χ0v) is 11.7. The summed E-state index contributed by atoms with van der Waals surface area (Å²) >= 11 is 0. The molecule has 1 N–H and O–H groups in total. The van der Waals surface area contributed by atoms with Gasteiger partial charge in [-0.3, -0.25) is 14.4 Å². The van der Waals surface area contributed by atoms with Crippen LogP contribution in [0.15, 0.2) is 12.3 Å². The molecular weight excluding hydrogens is 242 g/mol. The summed E-state index contributed by atoms with van der Waals surface area (Å²) in [6, 6.07) is 2.38. The van der Waals surface area contributed by atoms with E-state index in [0.29, 0.717) is 6.04 Å². The van der Waals surface area contributed by atoms with Crippen molar-refractivity contribution in [2.24, 2.45) is 5.92 Å².